The SMILES string of the molecule is CCN1CCCC1CNc1nc(Nc2ccc(OC)c(F)c2)nc(NC2CCCCOC2)n1. The molecule has 0 spiro atoms. The molecular formula is C23H34FN7O2. The fraction of sp³-hybridized carbons (Fsp3) is 0.609. The van der Waals surface area contributed by atoms with Crippen LogP contribution in [0.15, 0.2) is 18.2 Å². The highest BCUT2D eigenvalue weighted by atomic mass is 19.1. The Morgan fingerprint density at radius 3 is 2.79 bits per heavy atom. The molecule has 3 N–H and O–H groups in total. The van der Waals surface area contributed by atoms with Crippen molar-refractivity contribution in [2.45, 2.75) is 51.1 Å². The zero-order valence-corrected chi connectivity index (χ0v) is 19.4. The maximum Gasteiger partial charge on any atom is 0.233 e. The highest BCUT2D eigenvalue weighted by molar-refractivity contribution is 5.57. The molecule has 2 aliphatic rings. The van der Waals surface area contributed by atoms with E-state index in [1.165, 1.54) is 19.6 Å². The van der Waals surface area contributed by atoms with Crippen LogP contribution >= 0.6 is 0 Å². The number of nitrogens with one attached hydrogen (secondary N) is 3. The molecule has 2 fully saturated rings. The number of likely N-dealkylation sites (N-methyl/N-ethyl adjacent to an activating group) is 1. The topological polar surface area (TPSA) is 96.5 Å². The summed E-state index contributed by atoms with van der Waals surface area (Å²) >= 11 is 0. The molecule has 0 radical (unpaired) electrons. The molecule has 0 saturated carbocycles. The number of nitrogens with zero attached hydrogens (tertiary/aromatic N) is 4. The molecule has 180 valence electrons. The molecule has 2 aliphatic heterocycles. The number of aromatic nitrogens is 3. The maximum absolute atomic E-state index is 14.2. The predicted molar refractivity (Wildman–Crippen MR) is 127 cm³/mol. The number of rotatable bonds is 9. The molecule has 2 aromatic rings. The van der Waals surface area contributed by atoms with Crippen molar-refractivity contribution in [1.29, 1.82) is 0 Å². The van der Waals surface area contributed by atoms with Gasteiger partial charge in [-0.1, -0.05) is 6.92 Å². The van der Waals surface area contributed by atoms with Crippen LogP contribution in [0.3, 0.4) is 0 Å². The Balaban J connectivity index is 1.52. The van der Waals surface area contributed by atoms with Gasteiger partial charge < -0.3 is 25.4 Å². The zero-order valence-electron chi connectivity index (χ0n) is 19.4. The minimum Gasteiger partial charge on any atom is -0.494 e. The highest BCUT2D eigenvalue weighted by Gasteiger charge is 2.23. The summed E-state index contributed by atoms with van der Waals surface area (Å²) in [7, 11) is 1.44. The molecule has 9 nitrogen and oxygen atoms in total. The first-order valence-corrected chi connectivity index (χ1v) is 11.8. The van der Waals surface area contributed by atoms with Gasteiger partial charge in [0.2, 0.25) is 17.8 Å². The van der Waals surface area contributed by atoms with Gasteiger partial charge in [-0.05, 0) is 57.3 Å². The summed E-state index contributed by atoms with van der Waals surface area (Å²) in [5.74, 6) is 1.03. The van der Waals surface area contributed by atoms with E-state index in [0.717, 1.165) is 51.9 Å². The lowest BCUT2D eigenvalue weighted by Gasteiger charge is -2.23. The standard InChI is InChI=1S/C23H34FN7O2/c1-3-31-11-6-8-18(31)14-25-21-28-22(26-16-9-10-20(32-2)19(24)13-16)30-23(29-21)27-17-7-4-5-12-33-15-17/h9-10,13,17-18H,3-8,11-12,14-15H2,1-2H3,(H3,25,26,27,28,29,30). The molecule has 1 aromatic carbocycles. The van der Waals surface area contributed by atoms with Crippen molar-refractivity contribution in [3.8, 4) is 5.75 Å². The third-order valence-electron chi connectivity index (χ3n) is 6.19. The summed E-state index contributed by atoms with van der Waals surface area (Å²) in [5, 5.41) is 9.88. The van der Waals surface area contributed by atoms with Crippen molar-refractivity contribution in [2.75, 3.05) is 55.9 Å². The zero-order chi connectivity index (χ0) is 23.0. The number of halogens is 1. The van der Waals surface area contributed by atoms with Gasteiger partial charge in [-0.3, -0.25) is 4.90 Å². The summed E-state index contributed by atoms with van der Waals surface area (Å²) < 4.78 is 24.8. The van der Waals surface area contributed by atoms with E-state index >= 15 is 0 Å². The predicted octanol–water partition coefficient (Wildman–Crippen LogP) is 3.64. The van der Waals surface area contributed by atoms with Gasteiger partial charge in [0, 0.05) is 30.9 Å². The Morgan fingerprint density at radius 1 is 1.12 bits per heavy atom. The first kappa shape index (κ1) is 23.4. The molecule has 2 atom stereocenters. The van der Waals surface area contributed by atoms with Crippen molar-refractivity contribution < 1.29 is 13.9 Å². The van der Waals surface area contributed by atoms with Gasteiger partial charge in [0.15, 0.2) is 11.6 Å². The molecule has 4 rings (SSSR count). The van der Waals surface area contributed by atoms with E-state index in [4.69, 9.17) is 9.47 Å². The van der Waals surface area contributed by atoms with E-state index in [9.17, 15) is 4.39 Å². The van der Waals surface area contributed by atoms with E-state index in [2.05, 4.69) is 42.7 Å². The van der Waals surface area contributed by atoms with Gasteiger partial charge in [-0.25, -0.2) is 4.39 Å². The number of likely N-dealkylation sites (tertiary alicyclic amines) is 1. The van der Waals surface area contributed by atoms with E-state index < -0.39 is 5.82 Å². The van der Waals surface area contributed by atoms with Crippen molar-refractivity contribution in [1.82, 2.24) is 19.9 Å². The molecule has 2 saturated heterocycles. The molecule has 10 heteroatoms. The number of ether oxygens (including phenoxy) is 2. The van der Waals surface area contributed by atoms with Crippen LogP contribution in [0, 0.1) is 5.82 Å². The Kier molecular flexibility index (Phi) is 8.11. The molecule has 2 unspecified atom stereocenters. The van der Waals surface area contributed by atoms with Crippen molar-refractivity contribution >= 4 is 23.5 Å². The van der Waals surface area contributed by atoms with Gasteiger partial charge in [0.25, 0.3) is 0 Å². The lowest BCUT2D eigenvalue weighted by atomic mass is 10.1. The average Bonchev–Trinajstić information content (AvgIpc) is 3.12. The number of methoxy groups -OCH3 is 1. The number of hydrogen-bond acceptors (Lipinski definition) is 9. The molecule has 0 bridgehead atoms. The van der Waals surface area contributed by atoms with Crippen LogP contribution in [0.1, 0.15) is 39.0 Å². The van der Waals surface area contributed by atoms with Gasteiger partial charge in [0.05, 0.1) is 19.8 Å². The normalized spacial score (nSPS) is 21.4. The Labute approximate surface area is 194 Å². The minimum absolute atomic E-state index is 0.138. The van der Waals surface area contributed by atoms with Crippen LogP contribution in [0.25, 0.3) is 0 Å². The molecule has 33 heavy (non-hydrogen) atoms. The first-order chi connectivity index (χ1) is 16.1. The fourth-order valence-electron chi connectivity index (χ4n) is 4.40. The summed E-state index contributed by atoms with van der Waals surface area (Å²) in [6, 6.07) is 5.26. The molecule has 0 amide bonds. The van der Waals surface area contributed by atoms with Crippen molar-refractivity contribution in [2.24, 2.45) is 0 Å². The Hall–Kier alpha value is -2.72. The summed E-state index contributed by atoms with van der Waals surface area (Å²) in [5.41, 5.74) is 0.530. The number of anilines is 4. The quantitative estimate of drug-likeness (QED) is 0.519. The summed E-state index contributed by atoms with van der Waals surface area (Å²) in [6.45, 7) is 6.52. The molecule has 0 aliphatic carbocycles. The van der Waals surface area contributed by atoms with Crippen molar-refractivity contribution in [3.05, 3.63) is 24.0 Å². The van der Waals surface area contributed by atoms with Gasteiger partial charge >= 0.3 is 0 Å². The minimum atomic E-state index is -0.454. The largest absolute Gasteiger partial charge is 0.494 e. The summed E-state index contributed by atoms with van der Waals surface area (Å²) in [4.78, 5) is 16.1. The Bertz CT molecular complexity index is 908. The second-order valence-electron chi connectivity index (χ2n) is 8.50. The van der Waals surface area contributed by atoms with Crippen LogP contribution in [0.2, 0.25) is 0 Å². The maximum atomic E-state index is 14.2. The van der Waals surface area contributed by atoms with Gasteiger partial charge in [-0.15, -0.1) is 0 Å². The number of hydrogen-bond donors (Lipinski definition) is 3. The van der Waals surface area contributed by atoms with Crippen LogP contribution in [-0.2, 0) is 4.74 Å². The average molecular weight is 460 g/mol. The van der Waals surface area contributed by atoms with E-state index in [1.54, 1.807) is 12.1 Å². The monoisotopic (exact) mass is 459 g/mol. The molecular weight excluding hydrogens is 425 g/mol. The van der Waals surface area contributed by atoms with E-state index in [0.29, 0.717) is 36.2 Å². The van der Waals surface area contributed by atoms with E-state index in [-0.39, 0.29) is 11.8 Å². The third kappa shape index (κ3) is 6.42. The number of benzene rings is 1. The second kappa shape index (κ2) is 11.4. The molecule has 3 heterocycles. The van der Waals surface area contributed by atoms with Crippen LogP contribution < -0.4 is 20.7 Å². The first-order valence-electron chi connectivity index (χ1n) is 11.8. The lowest BCUT2D eigenvalue weighted by Crippen LogP contribution is -2.35. The van der Waals surface area contributed by atoms with Crippen LogP contribution in [-0.4, -0.2) is 71.9 Å². The van der Waals surface area contributed by atoms with E-state index in [1.807, 2.05) is 0 Å². The fourth-order valence-corrected chi connectivity index (χ4v) is 4.40. The van der Waals surface area contributed by atoms with Gasteiger partial charge in [-0.2, -0.15) is 15.0 Å². The van der Waals surface area contributed by atoms with Crippen LogP contribution in [0.4, 0.5) is 27.9 Å². The lowest BCUT2D eigenvalue weighted by molar-refractivity contribution is 0.138. The Morgan fingerprint density at radius 2 is 1.97 bits per heavy atom. The summed E-state index contributed by atoms with van der Waals surface area (Å²) in [6.07, 6.45) is 5.52. The van der Waals surface area contributed by atoms with Gasteiger partial charge in [0.1, 0.15) is 0 Å². The third-order valence-corrected chi connectivity index (χ3v) is 6.19. The highest BCUT2D eigenvalue weighted by Crippen LogP contribution is 2.24. The second-order valence-corrected chi connectivity index (χ2v) is 8.50. The van der Waals surface area contributed by atoms with Crippen LogP contribution in [0.5, 0.6) is 5.75 Å². The smallest absolute Gasteiger partial charge is 0.233 e. The molecule has 1 aromatic heterocycles. The van der Waals surface area contributed by atoms with Crippen molar-refractivity contribution in [3.63, 3.8) is 0 Å².